The van der Waals surface area contributed by atoms with Crippen LogP contribution in [-0.2, 0) is 6.42 Å². The Hall–Kier alpha value is -1.87. The predicted octanol–water partition coefficient (Wildman–Crippen LogP) is 4.03. The molecule has 0 aromatic heterocycles. The number of ketones is 1. The minimum Gasteiger partial charge on any atom is -0.490 e. The van der Waals surface area contributed by atoms with Crippen molar-refractivity contribution in [3.63, 3.8) is 0 Å². The molecule has 1 aliphatic heterocycles. The fourth-order valence-corrected chi connectivity index (χ4v) is 2.48. The number of hydrogen-bond donors (Lipinski definition) is 0. The maximum absolute atomic E-state index is 13.4. The summed E-state index contributed by atoms with van der Waals surface area (Å²) in [4.78, 5) is 12.3. The lowest BCUT2D eigenvalue weighted by Crippen LogP contribution is -2.05. The van der Waals surface area contributed by atoms with Gasteiger partial charge in [-0.1, -0.05) is 11.6 Å². The van der Waals surface area contributed by atoms with Crippen molar-refractivity contribution >= 4 is 17.4 Å². The largest absolute Gasteiger partial charge is 0.490 e. The third-order valence-corrected chi connectivity index (χ3v) is 3.65. The SMILES string of the molecule is CC1Cc2cc(C(=O)c3ccc(Cl)c(F)c3)ccc2O1. The Bertz CT molecular complexity index is 697. The van der Waals surface area contributed by atoms with Gasteiger partial charge in [0.25, 0.3) is 0 Å². The molecule has 0 aliphatic carbocycles. The molecule has 0 saturated carbocycles. The van der Waals surface area contributed by atoms with Gasteiger partial charge in [0, 0.05) is 17.5 Å². The summed E-state index contributed by atoms with van der Waals surface area (Å²) in [6.45, 7) is 1.98. The Morgan fingerprint density at radius 2 is 1.95 bits per heavy atom. The highest BCUT2D eigenvalue weighted by atomic mass is 35.5. The topological polar surface area (TPSA) is 26.3 Å². The van der Waals surface area contributed by atoms with E-state index in [1.807, 2.05) is 13.0 Å². The zero-order valence-corrected chi connectivity index (χ0v) is 11.6. The third kappa shape index (κ3) is 2.29. The monoisotopic (exact) mass is 290 g/mol. The fourth-order valence-electron chi connectivity index (χ4n) is 2.37. The van der Waals surface area contributed by atoms with Gasteiger partial charge in [-0.25, -0.2) is 4.39 Å². The van der Waals surface area contributed by atoms with Crippen molar-refractivity contribution in [2.75, 3.05) is 0 Å². The van der Waals surface area contributed by atoms with Crippen molar-refractivity contribution in [1.82, 2.24) is 0 Å². The van der Waals surface area contributed by atoms with Crippen molar-refractivity contribution in [3.8, 4) is 5.75 Å². The summed E-state index contributed by atoms with van der Waals surface area (Å²) in [7, 11) is 0. The molecule has 3 rings (SSSR count). The van der Waals surface area contributed by atoms with Crippen LogP contribution in [0.2, 0.25) is 5.02 Å². The minimum absolute atomic E-state index is 0.0118. The van der Waals surface area contributed by atoms with Gasteiger partial charge in [-0.15, -0.1) is 0 Å². The zero-order valence-electron chi connectivity index (χ0n) is 10.8. The lowest BCUT2D eigenvalue weighted by Gasteiger charge is -2.05. The van der Waals surface area contributed by atoms with Gasteiger partial charge in [-0.05, 0) is 48.9 Å². The molecule has 0 bridgehead atoms. The van der Waals surface area contributed by atoms with E-state index in [0.717, 1.165) is 23.8 Å². The van der Waals surface area contributed by atoms with E-state index in [9.17, 15) is 9.18 Å². The molecule has 2 aromatic carbocycles. The highest BCUT2D eigenvalue weighted by Gasteiger charge is 2.21. The molecular formula is C16H12ClFO2. The van der Waals surface area contributed by atoms with Crippen LogP contribution in [0.25, 0.3) is 0 Å². The van der Waals surface area contributed by atoms with Crippen LogP contribution in [0.5, 0.6) is 5.75 Å². The van der Waals surface area contributed by atoms with E-state index in [1.165, 1.54) is 12.1 Å². The van der Waals surface area contributed by atoms with Crippen molar-refractivity contribution in [1.29, 1.82) is 0 Å². The molecule has 0 saturated heterocycles. The molecule has 0 spiro atoms. The molecule has 0 N–H and O–H groups in total. The molecule has 102 valence electrons. The first-order valence-corrected chi connectivity index (χ1v) is 6.72. The molecule has 0 fully saturated rings. The van der Waals surface area contributed by atoms with Crippen LogP contribution in [0, 0.1) is 5.82 Å². The second kappa shape index (κ2) is 4.91. The molecule has 0 amide bonds. The molecule has 1 aliphatic rings. The molecule has 1 heterocycles. The van der Waals surface area contributed by atoms with Gasteiger partial charge in [-0.3, -0.25) is 4.79 Å². The number of carbonyl (C=O) groups is 1. The van der Waals surface area contributed by atoms with E-state index in [4.69, 9.17) is 16.3 Å². The van der Waals surface area contributed by atoms with Gasteiger partial charge in [-0.2, -0.15) is 0 Å². The van der Waals surface area contributed by atoms with Crippen LogP contribution in [0.15, 0.2) is 36.4 Å². The molecule has 1 unspecified atom stereocenters. The number of carbonyl (C=O) groups excluding carboxylic acids is 1. The Labute approximate surface area is 121 Å². The Balaban J connectivity index is 1.95. The molecule has 2 aromatic rings. The first-order valence-electron chi connectivity index (χ1n) is 6.34. The van der Waals surface area contributed by atoms with E-state index in [1.54, 1.807) is 12.1 Å². The average Bonchev–Trinajstić information content (AvgIpc) is 2.80. The van der Waals surface area contributed by atoms with Crippen molar-refractivity contribution in [3.05, 3.63) is 63.9 Å². The van der Waals surface area contributed by atoms with Crippen LogP contribution in [-0.4, -0.2) is 11.9 Å². The van der Waals surface area contributed by atoms with Gasteiger partial charge in [0.15, 0.2) is 5.78 Å². The Morgan fingerprint density at radius 3 is 2.70 bits per heavy atom. The molecule has 2 nitrogen and oxygen atoms in total. The van der Waals surface area contributed by atoms with E-state index in [0.29, 0.717) is 11.1 Å². The van der Waals surface area contributed by atoms with Gasteiger partial charge < -0.3 is 4.74 Å². The predicted molar refractivity (Wildman–Crippen MR) is 75.1 cm³/mol. The molecular weight excluding hydrogens is 279 g/mol. The number of ether oxygens (including phenoxy) is 1. The molecule has 0 radical (unpaired) electrons. The second-order valence-electron chi connectivity index (χ2n) is 4.91. The van der Waals surface area contributed by atoms with Crippen LogP contribution in [0.3, 0.4) is 0 Å². The summed E-state index contributed by atoms with van der Waals surface area (Å²) in [5.74, 6) is 0.00916. The second-order valence-corrected chi connectivity index (χ2v) is 5.32. The lowest BCUT2D eigenvalue weighted by molar-refractivity contribution is 0.103. The van der Waals surface area contributed by atoms with Crippen LogP contribution in [0.4, 0.5) is 4.39 Å². The van der Waals surface area contributed by atoms with E-state index in [-0.39, 0.29) is 16.9 Å². The summed E-state index contributed by atoms with van der Waals surface area (Å²) >= 11 is 5.62. The standard InChI is InChI=1S/C16H12ClFO2/c1-9-6-12-7-10(3-5-15(12)20-9)16(19)11-2-4-13(17)14(18)8-11/h2-5,7-9H,6H2,1H3. The lowest BCUT2D eigenvalue weighted by atomic mass is 10.00. The zero-order chi connectivity index (χ0) is 14.3. The summed E-state index contributed by atoms with van der Waals surface area (Å²) in [5, 5.41) is 0.0118. The highest BCUT2D eigenvalue weighted by Crippen LogP contribution is 2.30. The average molecular weight is 291 g/mol. The molecule has 20 heavy (non-hydrogen) atoms. The number of hydrogen-bond acceptors (Lipinski definition) is 2. The summed E-state index contributed by atoms with van der Waals surface area (Å²) in [6, 6.07) is 9.39. The van der Waals surface area contributed by atoms with Crippen molar-refractivity contribution < 1.29 is 13.9 Å². The summed E-state index contributed by atoms with van der Waals surface area (Å²) in [6.07, 6.45) is 0.911. The minimum atomic E-state index is -0.587. The summed E-state index contributed by atoms with van der Waals surface area (Å²) < 4.78 is 19.0. The smallest absolute Gasteiger partial charge is 0.193 e. The van der Waals surface area contributed by atoms with E-state index in [2.05, 4.69) is 0 Å². The maximum atomic E-state index is 13.4. The third-order valence-electron chi connectivity index (χ3n) is 3.34. The fraction of sp³-hybridized carbons (Fsp3) is 0.188. The van der Waals surface area contributed by atoms with E-state index < -0.39 is 5.82 Å². The van der Waals surface area contributed by atoms with Crippen molar-refractivity contribution in [2.45, 2.75) is 19.4 Å². The Kier molecular flexibility index (Phi) is 3.22. The maximum Gasteiger partial charge on any atom is 0.193 e. The first-order chi connectivity index (χ1) is 9.54. The number of benzene rings is 2. The molecule has 4 heteroatoms. The van der Waals surface area contributed by atoms with Crippen LogP contribution < -0.4 is 4.74 Å². The number of fused-ring (bicyclic) bond motifs is 1. The molecule has 1 atom stereocenters. The number of rotatable bonds is 2. The van der Waals surface area contributed by atoms with Gasteiger partial charge in [0.1, 0.15) is 17.7 Å². The highest BCUT2D eigenvalue weighted by molar-refractivity contribution is 6.30. The normalized spacial score (nSPS) is 16.6. The van der Waals surface area contributed by atoms with Gasteiger partial charge in [0.05, 0.1) is 5.02 Å². The summed E-state index contributed by atoms with van der Waals surface area (Å²) in [5.41, 5.74) is 1.83. The van der Waals surface area contributed by atoms with E-state index >= 15 is 0 Å². The van der Waals surface area contributed by atoms with Gasteiger partial charge in [0.2, 0.25) is 0 Å². The van der Waals surface area contributed by atoms with Crippen LogP contribution >= 0.6 is 11.6 Å². The Morgan fingerprint density at radius 1 is 1.25 bits per heavy atom. The van der Waals surface area contributed by atoms with Crippen LogP contribution in [0.1, 0.15) is 28.4 Å². The first kappa shape index (κ1) is 13.1. The number of halogens is 2. The quantitative estimate of drug-likeness (QED) is 0.781. The van der Waals surface area contributed by atoms with Gasteiger partial charge >= 0.3 is 0 Å². The van der Waals surface area contributed by atoms with Crippen molar-refractivity contribution in [2.24, 2.45) is 0 Å².